The predicted molar refractivity (Wildman–Crippen MR) is 108 cm³/mol. The fraction of sp³-hybridized carbons (Fsp3) is 0.100. The predicted octanol–water partition coefficient (Wildman–Crippen LogP) is 2.79. The van der Waals surface area contributed by atoms with Crippen molar-refractivity contribution in [1.29, 1.82) is 0 Å². The molecule has 5 nitrogen and oxygen atoms in total. The Kier molecular flexibility index (Phi) is 6.24. The van der Waals surface area contributed by atoms with E-state index < -0.39 is 5.91 Å². The molecule has 5 N–H and O–H groups in total. The van der Waals surface area contributed by atoms with Crippen LogP contribution in [-0.4, -0.2) is 18.4 Å². The topological polar surface area (TPSA) is 88.8 Å². The second-order valence-electron chi connectivity index (χ2n) is 5.96. The molecule has 3 rings (SSSR count). The van der Waals surface area contributed by atoms with Crippen LogP contribution in [0.3, 0.4) is 0 Å². The number of carbonyl (C=O) groups excluding carboxylic acids is 2. The van der Waals surface area contributed by atoms with E-state index in [1.54, 1.807) is 11.4 Å². The molecule has 2 amide bonds. The van der Waals surface area contributed by atoms with Crippen LogP contribution < -0.4 is 16.4 Å². The maximum absolute atomic E-state index is 12.4. The highest BCUT2D eigenvalue weighted by Crippen LogP contribution is 2.23. The van der Waals surface area contributed by atoms with Crippen LogP contribution in [0.15, 0.2) is 66.0 Å². The standard InChI is InChI=1S/C20H18ClN3O2S/c21-15-8-6-14(7-9-15)18(13-4-2-1-3-5-13)23-12-17(25)24-20-16(19(22)26)10-11-27-20/h1-11,18,23H,12H2,(H2,22,26)(H,24,25)/p+1/t18-/m0/s1. The second-order valence-corrected chi connectivity index (χ2v) is 7.31. The maximum Gasteiger partial charge on any atom is 0.280 e. The number of carbonyl (C=O) groups is 2. The Bertz CT molecular complexity index is 926. The first kappa shape index (κ1) is 19.1. The Balaban J connectivity index is 1.73. The molecular weight excluding hydrogens is 382 g/mol. The number of amides is 2. The molecule has 27 heavy (non-hydrogen) atoms. The average Bonchev–Trinajstić information content (AvgIpc) is 3.12. The molecule has 138 valence electrons. The Morgan fingerprint density at radius 2 is 1.70 bits per heavy atom. The molecule has 3 aromatic rings. The highest BCUT2D eigenvalue weighted by atomic mass is 35.5. The number of anilines is 1. The van der Waals surface area contributed by atoms with Crippen molar-refractivity contribution in [2.45, 2.75) is 6.04 Å². The number of primary amides is 1. The molecule has 2 aromatic carbocycles. The van der Waals surface area contributed by atoms with Crippen LogP contribution in [-0.2, 0) is 4.79 Å². The Morgan fingerprint density at radius 1 is 1.04 bits per heavy atom. The Morgan fingerprint density at radius 3 is 2.37 bits per heavy atom. The quantitative estimate of drug-likeness (QED) is 0.569. The second kappa shape index (κ2) is 8.81. The number of rotatable bonds is 7. The van der Waals surface area contributed by atoms with Crippen molar-refractivity contribution in [3.63, 3.8) is 0 Å². The number of halogens is 1. The van der Waals surface area contributed by atoms with Crippen LogP contribution in [0.4, 0.5) is 5.00 Å². The fourth-order valence-corrected chi connectivity index (χ4v) is 3.73. The molecule has 0 aliphatic rings. The number of nitrogens with one attached hydrogen (secondary N) is 1. The molecule has 0 spiro atoms. The van der Waals surface area contributed by atoms with Gasteiger partial charge in [-0.05, 0) is 23.6 Å². The lowest BCUT2D eigenvalue weighted by atomic mass is 9.99. The van der Waals surface area contributed by atoms with Gasteiger partial charge in [-0.1, -0.05) is 54.1 Å². The molecule has 0 unspecified atom stereocenters. The average molecular weight is 401 g/mol. The summed E-state index contributed by atoms with van der Waals surface area (Å²) in [7, 11) is 0. The third-order valence-electron chi connectivity index (χ3n) is 4.11. The molecule has 0 aliphatic heterocycles. The molecule has 0 bridgehead atoms. The molecule has 1 heterocycles. The van der Waals surface area contributed by atoms with Crippen molar-refractivity contribution in [3.05, 3.63) is 87.8 Å². The van der Waals surface area contributed by atoms with Gasteiger partial charge in [0.05, 0.1) is 5.56 Å². The van der Waals surface area contributed by atoms with Crippen LogP contribution in [0.2, 0.25) is 5.02 Å². The van der Waals surface area contributed by atoms with Gasteiger partial charge in [0.25, 0.3) is 11.8 Å². The Hall–Kier alpha value is -2.67. The summed E-state index contributed by atoms with van der Waals surface area (Å²) >= 11 is 7.27. The minimum atomic E-state index is -0.557. The van der Waals surface area contributed by atoms with Gasteiger partial charge in [0.15, 0.2) is 6.54 Å². The van der Waals surface area contributed by atoms with E-state index in [2.05, 4.69) is 5.32 Å². The van der Waals surface area contributed by atoms with Crippen molar-refractivity contribution in [3.8, 4) is 0 Å². The van der Waals surface area contributed by atoms with Crippen LogP contribution in [0, 0.1) is 0 Å². The van der Waals surface area contributed by atoms with Crippen molar-refractivity contribution >= 4 is 39.8 Å². The van der Waals surface area contributed by atoms with Crippen molar-refractivity contribution < 1.29 is 14.9 Å². The lowest BCUT2D eigenvalue weighted by molar-refractivity contribution is -0.676. The number of hydrogen-bond donors (Lipinski definition) is 3. The molecule has 1 aromatic heterocycles. The summed E-state index contributed by atoms with van der Waals surface area (Å²) in [5.74, 6) is -0.756. The van der Waals surface area contributed by atoms with Crippen LogP contribution in [0.5, 0.6) is 0 Å². The van der Waals surface area contributed by atoms with E-state index in [0.29, 0.717) is 15.6 Å². The van der Waals surface area contributed by atoms with Gasteiger partial charge in [-0.2, -0.15) is 0 Å². The molecule has 1 atom stereocenters. The molecule has 0 aliphatic carbocycles. The van der Waals surface area contributed by atoms with Gasteiger partial charge in [-0.3, -0.25) is 9.59 Å². The summed E-state index contributed by atoms with van der Waals surface area (Å²) < 4.78 is 0. The fourth-order valence-electron chi connectivity index (χ4n) is 2.80. The smallest absolute Gasteiger partial charge is 0.280 e. The van der Waals surface area contributed by atoms with E-state index in [4.69, 9.17) is 17.3 Å². The zero-order valence-electron chi connectivity index (χ0n) is 14.4. The number of benzene rings is 2. The number of thiophene rings is 1. The van der Waals surface area contributed by atoms with Gasteiger partial charge in [-0.15, -0.1) is 11.3 Å². The lowest BCUT2D eigenvalue weighted by Crippen LogP contribution is -2.87. The third-order valence-corrected chi connectivity index (χ3v) is 5.19. The molecule has 0 saturated carbocycles. The van der Waals surface area contributed by atoms with Crippen LogP contribution in [0.1, 0.15) is 27.5 Å². The summed E-state index contributed by atoms with van der Waals surface area (Å²) in [6.45, 7) is 0.193. The monoisotopic (exact) mass is 400 g/mol. The largest absolute Gasteiger partial charge is 0.366 e. The summed E-state index contributed by atoms with van der Waals surface area (Å²) in [5.41, 5.74) is 7.78. The van der Waals surface area contributed by atoms with Crippen LogP contribution >= 0.6 is 22.9 Å². The van der Waals surface area contributed by atoms with Gasteiger partial charge in [0.1, 0.15) is 11.0 Å². The number of quaternary nitrogens is 1. The first-order valence-electron chi connectivity index (χ1n) is 8.35. The van der Waals surface area contributed by atoms with E-state index in [1.165, 1.54) is 11.3 Å². The lowest BCUT2D eigenvalue weighted by Gasteiger charge is -2.16. The van der Waals surface area contributed by atoms with Gasteiger partial charge in [-0.25, -0.2) is 0 Å². The third kappa shape index (κ3) is 4.95. The molecular formula is C20H19ClN3O2S+. The summed E-state index contributed by atoms with van der Waals surface area (Å²) in [6, 6.07) is 19.1. The summed E-state index contributed by atoms with van der Waals surface area (Å²) in [6.07, 6.45) is 0. The van der Waals surface area contributed by atoms with Crippen LogP contribution in [0.25, 0.3) is 0 Å². The summed E-state index contributed by atoms with van der Waals surface area (Å²) in [5, 5.41) is 7.58. The minimum absolute atomic E-state index is 0.0480. The van der Waals surface area contributed by atoms with Gasteiger partial charge in [0.2, 0.25) is 0 Å². The molecule has 0 saturated heterocycles. The Labute approximate surface area is 166 Å². The zero-order chi connectivity index (χ0) is 19.2. The van der Waals surface area contributed by atoms with E-state index in [0.717, 1.165) is 11.1 Å². The SMILES string of the molecule is NC(=O)c1ccsc1NC(=O)C[NH2+][C@@H](c1ccccc1)c1ccc(Cl)cc1. The first-order chi connectivity index (χ1) is 13.0. The summed E-state index contributed by atoms with van der Waals surface area (Å²) in [4.78, 5) is 23.8. The van der Waals surface area contributed by atoms with E-state index in [9.17, 15) is 9.59 Å². The normalized spacial score (nSPS) is 11.7. The van der Waals surface area contributed by atoms with Gasteiger partial charge >= 0.3 is 0 Å². The van der Waals surface area contributed by atoms with Crippen molar-refractivity contribution in [2.24, 2.45) is 5.73 Å². The maximum atomic E-state index is 12.4. The minimum Gasteiger partial charge on any atom is -0.366 e. The van der Waals surface area contributed by atoms with E-state index >= 15 is 0 Å². The molecule has 0 fully saturated rings. The highest BCUT2D eigenvalue weighted by Gasteiger charge is 2.20. The number of hydrogen-bond acceptors (Lipinski definition) is 3. The zero-order valence-corrected chi connectivity index (χ0v) is 16.0. The first-order valence-corrected chi connectivity index (χ1v) is 9.61. The van der Waals surface area contributed by atoms with Crippen molar-refractivity contribution in [2.75, 3.05) is 11.9 Å². The van der Waals surface area contributed by atoms with E-state index in [-0.39, 0.29) is 18.5 Å². The van der Waals surface area contributed by atoms with Gasteiger partial charge < -0.3 is 16.4 Å². The van der Waals surface area contributed by atoms with E-state index in [1.807, 2.05) is 59.9 Å². The van der Waals surface area contributed by atoms with Crippen molar-refractivity contribution in [1.82, 2.24) is 0 Å². The van der Waals surface area contributed by atoms with Gasteiger partial charge in [0, 0.05) is 16.1 Å². The molecule has 7 heteroatoms. The molecule has 0 radical (unpaired) electrons. The highest BCUT2D eigenvalue weighted by molar-refractivity contribution is 7.14. The number of nitrogens with two attached hydrogens (primary N) is 2.